The van der Waals surface area contributed by atoms with Gasteiger partial charge in [0.1, 0.15) is 23.7 Å². The summed E-state index contributed by atoms with van der Waals surface area (Å²) in [5, 5.41) is 21.0. The maximum atomic E-state index is 13.7. The van der Waals surface area contributed by atoms with Crippen molar-refractivity contribution in [2.75, 3.05) is 19.5 Å². The number of rotatable bonds is 9. The summed E-state index contributed by atoms with van der Waals surface area (Å²) < 4.78 is 44.7. The number of halogens is 3. The molecule has 4 aromatic rings. The van der Waals surface area contributed by atoms with Crippen molar-refractivity contribution in [3.05, 3.63) is 58.1 Å². The van der Waals surface area contributed by atoms with E-state index in [0.717, 1.165) is 38.4 Å². The number of nitrogens with one attached hydrogen (secondary N) is 1. The number of aliphatic carboxylic acids is 2. The molecule has 2 aromatic carbocycles. The predicted octanol–water partition coefficient (Wildman–Crippen LogP) is 8.05. The summed E-state index contributed by atoms with van der Waals surface area (Å²) in [6.45, 7) is 5.88. The number of benzene rings is 2. The second-order valence-electron chi connectivity index (χ2n) is 11.8. The van der Waals surface area contributed by atoms with Gasteiger partial charge in [0.2, 0.25) is 0 Å². The van der Waals surface area contributed by atoms with Gasteiger partial charge in [0.05, 0.1) is 19.9 Å². The quantitative estimate of drug-likeness (QED) is 0.160. The topological polar surface area (TPSA) is 140 Å². The van der Waals surface area contributed by atoms with E-state index in [0.29, 0.717) is 22.3 Å². The van der Waals surface area contributed by atoms with Crippen LogP contribution in [-0.4, -0.2) is 58.0 Å². The predicted molar refractivity (Wildman–Crippen MR) is 176 cm³/mol. The van der Waals surface area contributed by atoms with Gasteiger partial charge in [-0.15, -0.1) is 11.3 Å². The Morgan fingerprint density at radius 1 is 1.02 bits per heavy atom. The van der Waals surface area contributed by atoms with Crippen LogP contribution in [0.5, 0.6) is 11.5 Å². The number of nitrogens with zero attached hydrogens (tertiary/aromatic N) is 2. The van der Waals surface area contributed by atoms with Gasteiger partial charge in [-0.25, -0.2) is 9.78 Å². The van der Waals surface area contributed by atoms with Gasteiger partial charge in [-0.2, -0.15) is 13.2 Å². The summed E-state index contributed by atoms with van der Waals surface area (Å²) in [7, 11) is 3.29. The third-order valence-corrected chi connectivity index (χ3v) is 9.61. The Kier molecular flexibility index (Phi) is 11.4. The van der Waals surface area contributed by atoms with E-state index in [1.807, 2.05) is 44.2 Å². The Balaban J connectivity index is 0.000000671. The summed E-state index contributed by atoms with van der Waals surface area (Å²) in [5.74, 6) is -1.96. The van der Waals surface area contributed by atoms with Crippen molar-refractivity contribution in [3.8, 4) is 22.8 Å². The highest BCUT2D eigenvalue weighted by Gasteiger charge is 2.38. The lowest BCUT2D eigenvalue weighted by Gasteiger charge is -2.27. The van der Waals surface area contributed by atoms with Crippen molar-refractivity contribution in [3.63, 3.8) is 0 Å². The third-order valence-electron chi connectivity index (χ3n) is 8.44. The highest BCUT2D eigenvalue weighted by atomic mass is 32.1. The monoisotopic (exact) mass is 689 g/mol. The number of aryl methyl sites for hydroxylation is 2. The van der Waals surface area contributed by atoms with Crippen molar-refractivity contribution in [1.82, 2.24) is 9.55 Å². The Hall–Kier alpha value is -4.59. The average Bonchev–Trinajstić information content (AvgIpc) is 3.61. The van der Waals surface area contributed by atoms with Crippen LogP contribution < -0.4 is 14.8 Å². The highest BCUT2D eigenvalue weighted by Crippen LogP contribution is 2.46. The van der Waals surface area contributed by atoms with Crippen LogP contribution in [-0.2, 0) is 16.1 Å². The lowest BCUT2D eigenvalue weighted by atomic mass is 9.79. The molecule has 1 saturated carbocycles. The van der Waals surface area contributed by atoms with E-state index in [9.17, 15) is 27.9 Å². The molecule has 1 aliphatic rings. The Labute approximate surface area is 279 Å². The Morgan fingerprint density at radius 2 is 1.67 bits per heavy atom. The summed E-state index contributed by atoms with van der Waals surface area (Å²) in [6.07, 6.45) is 0.976. The molecule has 14 heteroatoms. The van der Waals surface area contributed by atoms with E-state index in [1.54, 1.807) is 24.9 Å². The lowest BCUT2D eigenvalue weighted by Crippen LogP contribution is -2.21. The van der Waals surface area contributed by atoms with Crippen LogP contribution in [0.2, 0.25) is 0 Å². The second kappa shape index (κ2) is 15.1. The number of aromatic nitrogens is 2. The Bertz CT molecular complexity index is 1810. The van der Waals surface area contributed by atoms with E-state index >= 15 is 0 Å². The molecule has 48 heavy (non-hydrogen) atoms. The molecule has 2 heterocycles. The molecule has 0 radical (unpaired) electrons. The molecular weight excluding hydrogens is 651 g/mol. The molecule has 1 unspecified atom stereocenters. The Morgan fingerprint density at radius 3 is 2.25 bits per heavy atom. The van der Waals surface area contributed by atoms with Gasteiger partial charge in [0.25, 0.3) is 5.91 Å². The van der Waals surface area contributed by atoms with Crippen LogP contribution in [0.3, 0.4) is 0 Å². The van der Waals surface area contributed by atoms with Crippen LogP contribution >= 0.6 is 11.3 Å². The number of anilines is 1. The van der Waals surface area contributed by atoms with Crippen LogP contribution in [0.4, 0.5) is 18.3 Å². The second-order valence-corrected chi connectivity index (χ2v) is 12.8. The molecule has 10 nitrogen and oxygen atoms in total. The van der Waals surface area contributed by atoms with Gasteiger partial charge in [0.15, 0.2) is 5.13 Å². The third kappa shape index (κ3) is 8.27. The number of methoxy groups -OCH3 is 2. The van der Waals surface area contributed by atoms with Crippen molar-refractivity contribution >= 4 is 45.2 Å². The molecule has 5 rings (SSSR count). The van der Waals surface area contributed by atoms with Gasteiger partial charge >= 0.3 is 18.1 Å². The fourth-order valence-corrected chi connectivity index (χ4v) is 7.14. The lowest BCUT2D eigenvalue weighted by molar-refractivity contribution is -0.192. The molecule has 0 bridgehead atoms. The van der Waals surface area contributed by atoms with Crippen LogP contribution in [0.1, 0.15) is 71.4 Å². The van der Waals surface area contributed by atoms with Gasteiger partial charge in [0, 0.05) is 21.3 Å². The fourth-order valence-electron chi connectivity index (χ4n) is 6.02. The van der Waals surface area contributed by atoms with Crippen molar-refractivity contribution < 1.29 is 47.2 Å². The minimum Gasteiger partial charge on any atom is -0.496 e. The first kappa shape index (κ1) is 36.2. The molecule has 0 aliphatic heterocycles. The SMILES string of the molecule is COc1cc(-c2nc(NC(=O)c3cc4cc(C)ccc4n3CC(=O)O)sc2C(C)C2CCCCC2)c(OC)cc1C.O=C(O)C(F)(F)F. The molecule has 258 valence electrons. The molecule has 1 amide bonds. The number of ether oxygens (including phenoxy) is 2. The number of amides is 1. The first-order valence-electron chi connectivity index (χ1n) is 15.3. The maximum Gasteiger partial charge on any atom is 0.490 e. The molecular formula is C34H38F3N3O7S. The van der Waals surface area contributed by atoms with E-state index in [4.69, 9.17) is 24.4 Å². The van der Waals surface area contributed by atoms with Gasteiger partial charge in [-0.05, 0) is 74.4 Å². The largest absolute Gasteiger partial charge is 0.496 e. The number of carboxylic acid groups (broad SMARTS) is 2. The van der Waals surface area contributed by atoms with Gasteiger partial charge in [-0.3, -0.25) is 14.9 Å². The number of carbonyl (C=O) groups is 3. The van der Waals surface area contributed by atoms with Crippen molar-refractivity contribution in [2.45, 2.75) is 71.5 Å². The van der Waals surface area contributed by atoms with E-state index in [2.05, 4.69) is 12.2 Å². The zero-order valence-electron chi connectivity index (χ0n) is 27.2. The first-order chi connectivity index (χ1) is 22.6. The molecule has 1 fully saturated rings. The fraction of sp³-hybridized carbons (Fsp3) is 0.412. The smallest absolute Gasteiger partial charge is 0.490 e. The molecule has 0 saturated heterocycles. The molecule has 1 atom stereocenters. The summed E-state index contributed by atoms with van der Waals surface area (Å²) in [5.41, 5.74) is 4.57. The zero-order chi connectivity index (χ0) is 35.3. The maximum absolute atomic E-state index is 13.7. The summed E-state index contributed by atoms with van der Waals surface area (Å²) in [6, 6.07) is 11.4. The number of alkyl halides is 3. The normalized spacial score (nSPS) is 14.2. The molecule has 3 N–H and O–H groups in total. The number of fused-ring (bicyclic) bond motifs is 1. The number of carbonyl (C=O) groups excluding carboxylic acids is 1. The van der Waals surface area contributed by atoms with Crippen LogP contribution in [0.25, 0.3) is 22.2 Å². The number of carboxylic acids is 2. The van der Waals surface area contributed by atoms with E-state index in [1.165, 1.54) is 43.4 Å². The number of hydrogen-bond donors (Lipinski definition) is 3. The highest BCUT2D eigenvalue weighted by molar-refractivity contribution is 7.16. The number of hydrogen-bond acceptors (Lipinski definition) is 7. The zero-order valence-corrected chi connectivity index (χ0v) is 28.1. The van der Waals surface area contributed by atoms with Crippen molar-refractivity contribution in [1.29, 1.82) is 0 Å². The minimum atomic E-state index is -5.08. The summed E-state index contributed by atoms with van der Waals surface area (Å²) >= 11 is 1.48. The van der Waals surface area contributed by atoms with E-state index < -0.39 is 24.0 Å². The van der Waals surface area contributed by atoms with Gasteiger partial charge in [-0.1, -0.05) is 37.8 Å². The first-order valence-corrected chi connectivity index (χ1v) is 16.1. The van der Waals surface area contributed by atoms with Crippen LogP contribution in [0.15, 0.2) is 36.4 Å². The average molecular weight is 690 g/mol. The van der Waals surface area contributed by atoms with E-state index in [-0.39, 0.29) is 18.2 Å². The molecule has 0 spiro atoms. The van der Waals surface area contributed by atoms with Gasteiger partial charge < -0.3 is 24.3 Å². The number of thiazole rings is 1. The minimum absolute atomic E-state index is 0.242. The van der Waals surface area contributed by atoms with Crippen molar-refractivity contribution in [2.24, 2.45) is 5.92 Å². The molecule has 2 aromatic heterocycles. The summed E-state index contributed by atoms with van der Waals surface area (Å²) in [4.78, 5) is 40.3. The standard InChI is InChI=1S/C32H37N3O5S.C2HF3O2/c1-18-11-12-24-22(13-18)15-25(35(24)17-28(36)37)31(38)34-32-33-29(23-16-26(39-4)19(2)14-27(23)40-5)30(41-32)20(3)21-9-7-6-8-10-21;3-2(4,5)1(6)7/h11-16,20-21H,6-10,17H2,1-5H3,(H,36,37)(H,33,34,38);(H,6,7). The molecule has 1 aliphatic carbocycles. The van der Waals surface area contributed by atoms with Crippen LogP contribution in [0, 0.1) is 19.8 Å².